The van der Waals surface area contributed by atoms with E-state index in [4.69, 9.17) is 4.74 Å². The zero-order chi connectivity index (χ0) is 19.0. The van der Waals surface area contributed by atoms with E-state index in [-0.39, 0.29) is 46.9 Å². The fraction of sp³-hybridized carbons (Fsp3) is 0.421. The van der Waals surface area contributed by atoms with Crippen LogP contribution < -0.4 is 9.64 Å². The summed E-state index contributed by atoms with van der Waals surface area (Å²) in [5.41, 5.74) is -0.308. The van der Waals surface area contributed by atoms with Crippen molar-refractivity contribution in [2.45, 2.75) is 13.3 Å². The molecule has 138 valence electrons. The number of benzene rings is 1. The van der Waals surface area contributed by atoms with Gasteiger partial charge < -0.3 is 4.74 Å². The van der Waals surface area contributed by atoms with Crippen molar-refractivity contribution in [2.24, 2.45) is 35.5 Å². The summed E-state index contributed by atoms with van der Waals surface area (Å²) in [6, 6.07) is 3.79. The average molecular weight is 368 g/mol. The SMILES string of the molecule is CC(=O)Oc1ccc(N2C(=O)[C@@H]3[C@H]4C=C[C@@H]([C@@H]5C[C@@H]45)[C@H]3C2=O)cc1[N+](=O)[O-]. The van der Waals surface area contributed by atoms with Gasteiger partial charge in [0.2, 0.25) is 17.6 Å². The lowest BCUT2D eigenvalue weighted by atomic mass is 9.63. The third kappa shape index (κ3) is 2.12. The van der Waals surface area contributed by atoms with Gasteiger partial charge in [-0.3, -0.25) is 24.5 Å². The molecule has 2 amide bonds. The molecule has 8 nitrogen and oxygen atoms in total. The fourth-order valence-electron chi connectivity index (χ4n) is 5.24. The van der Waals surface area contributed by atoms with Crippen LogP contribution in [0.1, 0.15) is 13.3 Å². The number of carbonyl (C=O) groups excluding carboxylic acids is 3. The number of hydrogen-bond acceptors (Lipinski definition) is 6. The number of nitrogens with zero attached hydrogens (tertiary/aromatic N) is 2. The predicted molar refractivity (Wildman–Crippen MR) is 91.6 cm³/mol. The summed E-state index contributed by atoms with van der Waals surface area (Å²) in [6.07, 6.45) is 5.21. The first-order chi connectivity index (χ1) is 12.9. The maximum absolute atomic E-state index is 13.1. The van der Waals surface area contributed by atoms with E-state index in [1.165, 1.54) is 12.1 Å². The standard InChI is InChI=1S/C19H16N2O6/c1-8(22)27-15-5-2-9(6-14(15)21(25)26)20-18(23)16-10-3-4-11(13-7-12(10)13)17(16)19(20)24/h2-6,10-13,16-17H,7H2,1H3/t10-,11-,12-,13-,16+,17+/m0/s1. The van der Waals surface area contributed by atoms with E-state index in [9.17, 15) is 24.5 Å². The molecule has 0 aromatic heterocycles. The smallest absolute Gasteiger partial charge is 0.313 e. The third-order valence-corrected chi connectivity index (χ3v) is 6.31. The van der Waals surface area contributed by atoms with E-state index in [1.807, 2.05) is 0 Å². The van der Waals surface area contributed by atoms with E-state index in [2.05, 4.69) is 12.2 Å². The number of carbonyl (C=O) groups is 3. The summed E-state index contributed by atoms with van der Waals surface area (Å²) in [7, 11) is 0. The van der Waals surface area contributed by atoms with E-state index >= 15 is 0 Å². The number of esters is 1. The molecule has 0 N–H and O–H groups in total. The van der Waals surface area contributed by atoms with Crippen LogP contribution in [0.5, 0.6) is 5.75 Å². The molecule has 2 saturated carbocycles. The quantitative estimate of drug-likeness (QED) is 0.202. The Labute approximate surface area is 153 Å². The highest BCUT2D eigenvalue weighted by Crippen LogP contribution is 2.65. The molecular weight excluding hydrogens is 352 g/mol. The normalized spacial score (nSPS) is 35.1. The van der Waals surface area contributed by atoms with Crippen LogP contribution in [0, 0.1) is 45.6 Å². The molecule has 0 unspecified atom stereocenters. The van der Waals surface area contributed by atoms with Gasteiger partial charge in [0.05, 0.1) is 22.4 Å². The molecule has 27 heavy (non-hydrogen) atoms. The first kappa shape index (κ1) is 16.2. The van der Waals surface area contributed by atoms with Crippen molar-refractivity contribution >= 4 is 29.2 Å². The van der Waals surface area contributed by atoms with E-state index in [0.29, 0.717) is 11.8 Å². The molecule has 1 aliphatic heterocycles. The van der Waals surface area contributed by atoms with Crippen molar-refractivity contribution < 1.29 is 24.0 Å². The molecule has 6 rings (SSSR count). The van der Waals surface area contributed by atoms with Crippen molar-refractivity contribution in [3.8, 4) is 5.75 Å². The molecule has 2 bridgehead atoms. The molecule has 1 heterocycles. The summed E-state index contributed by atoms with van der Waals surface area (Å²) in [6.45, 7) is 1.14. The maximum atomic E-state index is 13.1. The Morgan fingerprint density at radius 3 is 2.26 bits per heavy atom. The van der Waals surface area contributed by atoms with Crippen LogP contribution in [0.25, 0.3) is 0 Å². The molecule has 5 aliphatic rings. The number of imide groups is 1. The van der Waals surface area contributed by atoms with Gasteiger partial charge in [-0.15, -0.1) is 0 Å². The fourth-order valence-corrected chi connectivity index (χ4v) is 5.24. The van der Waals surface area contributed by atoms with Gasteiger partial charge >= 0.3 is 11.7 Å². The van der Waals surface area contributed by atoms with Gasteiger partial charge in [-0.1, -0.05) is 12.2 Å². The lowest BCUT2D eigenvalue weighted by molar-refractivity contribution is -0.385. The Morgan fingerprint density at radius 1 is 1.15 bits per heavy atom. The van der Waals surface area contributed by atoms with Crippen molar-refractivity contribution in [1.29, 1.82) is 0 Å². The molecule has 0 spiro atoms. The van der Waals surface area contributed by atoms with Crippen LogP contribution in [-0.4, -0.2) is 22.7 Å². The van der Waals surface area contributed by atoms with Crippen LogP contribution in [-0.2, 0) is 14.4 Å². The minimum Gasteiger partial charge on any atom is -0.419 e. The van der Waals surface area contributed by atoms with Crippen LogP contribution in [0.3, 0.4) is 0 Å². The number of anilines is 1. The number of allylic oxidation sites excluding steroid dienone is 2. The summed E-state index contributed by atoms with van der Waals surface area (Å²) in [5, 5.41) is 11.4. The van der Waals surface area contributed by atoms with Gasteiger partial charge in [0.1, 0.15) is 0 Å². The molecule has 0 radical (unpaired) electrons. The van der Waals surface area contributed by atoms with Gasteiger partial charge in [-0.25, -0.2) is 4.90 Å². The first-order valence-corrected chi connectivity index (χ1v) is 8.91. The molecule has 4 aliphatic carbocycles. The van der Waals surface area contributed by atoms with Crippen molar-refractivity contribution in [2.75, 3.05) is 4.90 Å². The predicted octanol–water partition coefficient (Wildman–Crippen LogP) is 2.08. The number of nitro benzene ring substituents is 1. The second-order valence-corrected chi connectivity index (χ2v) is 7.67. The summed E-state index contributed by atoms with van der Waals surface area (Å²) in [4.78, 5) is 49.0. The monoisotopic (exact) mass is 368 g/mol. The molecular formula is C19H16N2O6. The molecule has 1 saturated heterocycles. The van der Waals surface area contributed by atoms with Crippen molar-refractivity contribution in [3.63, 3.8) is 0 Å². The van der Waals surface area contributed by atoms with Gasteiger partial charge in [0, 0.05) is 13.0 Å². The first-order valence-electron chi connectivity index (χ1n) is 8.91. The third-order valence-electron chi connectivity index (χ3n) is 6.31. The lowest BCUT2D eigenvalue weighted by Crippen LogP contribution is -2.40. The van der Waals surface area contributed by atoms with Crippen molar-refractivity contribution in [3.05, 3.63) is 40.5 Å². The second kappa shape index (κ2) is 5.25. The highest BCUT2D eigenvalue weighted by molar-refractivity contribution is 6.22. The highest BCUT2D eigenvalue weighted by atomic mass is 16.6. The molecule has 8 heteroatoms. The van der Waals surface area contributed by atoms with Crippen molar-refractivity contribution in [1.82, 2.24) is 0 Å². The molecule has 3 fully saturated rings. The van der Waals surface area contributed by atoms with E-state index in [0.717, 1.165) is 24.3 Å². The van der Waals surface area contributed by atoms with Crippen LogP contribution in [0.4, 0.5) is 11.4 Å². The topological polar surface area (TPSA) is 107 Å². The van der Waals surface area contributed by atoms with Crippen LogP contribution in [0.2, 0.25) is 0 Å². The second-order valence-electron chi connectivity index (χ2n) is 7.67. The average Bonchev–Trinajstić information content (AvgIpc) is 3.39. The molecule has 1 aromatic carbocycles. The Bertz CT molecular complexity index is 918. The largest absolute Gasteiger partial charge is 0.419 e. The summed E-state index contributed by atoms with van der Waals surface area (Å²) in [5.74, 6) is -1.08. The number of nitro groups is 1. The summed E-state index contributed by atoms with van der Waals surface area (Å²) < 4.78 is 4.86. The van der Waals surface area contributed by atoms with Gasteiger partial charge in [-0.05, 0) is 42.2 Å². The number of ether oxygens (including phenoxy) is 1. The number of hydrogen-bond donors (Lipinski definition) is 0. The zero-order valence-corrected chi connectivity index (χ0v) is 14.4. The minimum absolute atomic E-state index is 0.0850. The maximum Gasteiger partial charge on any atom is 0.313 e. The summed E-state index contributed by atoms with van der Waals surface area (Å²) >= 11 is 0. The van der Waals surface area contributed by atoms with Gasteiger partial charge in [-0.2, -0.15) is 0 Å². The Balaban J connectivity index is 1.53. The van der Waals surface area contributed by atoms with E-state index in [1.54, 1.807) is 0 Å². The lowest BCUT2D eigenvalue weighted by Gasteiger charge is -2.37. The van der Waals surface area contributed by atoms with Crippen LogP contribution in [0.15, 0.2) is 30.4 Å². The molecule has 6 atom stereocenters. The minimum atomic E-state index is -0.694. The van der Waals surface area contributed by atoms with E-state index < -0.39 is 16.6 Å². The zero-order valence-electron chi connectivity index (χ0n) is 14.4. The Kier molecular flexibility index (Phi) is 3.14. The number of amides is 2. The van der Waals surface area contributed by atoms with Gasteiger partial charge in [0.15, 0.2) is 0 Å². The molecule has 1 aromatic rings. The van der Waals surface area contributed by atoms with Crippen LogP contribution >= 0.6 is 0 Å². The highest BCUT2D eigenvalue weighted by Gasteiger charge is 2.67. The Morgan fingerprint density at radius 2 is 1.74 bits per heavy atom. The van der Waals surface area contributed by atoms with Gasteiger partial charge in [0.25, 0.3) is 0 Å². The Hall–Kier alpha value is -3.03. The number of rotatable bonds is 3.